The van der Waals surface area contributed by atoms with Crippen molar-refractivity contribution in [2.45, 2.75) is 6.92 Å². The van der Waals surface area contributed by atoms with Crippen LogP contribution in [0.25, 0.3) is 0 Å². The number of hydrogen-bond acceptors (Lipinski definition) is 2. The molecule has 58 valence electrons. The minimum absolute atomic E-state index is 0. The van der Waals surface area contributed by atoms with E-state index in [1.807, 2.05) is 0 Å². The Morgan fingerprint density at radius 1 is 1.50 bits per heavy atom. The van der Waals surface area contributed by atoms with Crippen LogP contribution in [0.3, 0.4) is 0 Å². The van der Waals surface area contributed by atoms with E-state index in [4.69, 9.17) is 13.2 Å². The third-order valence-corrected chi connectivity index (χ3v) is 0.902. The van der Waals surface area contributed by atoms with Gasteiger partial charge in [-0.05, 0) is 13.1 Å². The molecule has 0 amide bonds. The molecule has 12 heavy (non-hydrogen) atoms. The SMILES string of the molecule is [CH-]=C/C=C(\[C-]=NC=[CH-])C(C)=O.[Li+]. The molecule has 0 heterocycles. The number of hydrogen-bond donors (Lipinski definition) is 0. The second-order valence-corrected chi connectivity index (χ2v) is 1.72. The zero-order chi connectivity index (χ0) is 8.69. The predicted molar refractivity (Wildman–Crippen MR) is 43.9 cm³/mol. The summed E-state index contributed by atoms with van der Waals surface area (Å²) in [6.07, 6.45) is 6.12. The third kappa shape index (κ3) is 5.91. The van der Waals surface area contributed by atoms with Gasteiger partial charge in [-0.25, -0.2) is 12.3 Å². The van der Waals surface area contributed by atoms with Gasteiger partial charge in [0.1, 0.15) is 0 Å². The fourth-order valence-corrected chi connectivity index (χ4v) is 0.436. The van der Waals surface area contributed by atoms with E-state index in [0.717, 1.165) is 6.20 Å². The number of ketones is 1. The molecule has 0 radical (unpaired) electrons. The van der Waals surface area contributed by atoms with Gasteiger partial charge >= 0.3 is 18.9 Å². The summed E-state index contributed by atoms with van der Waals surface area (Å²) in [7, 11) is 0. The largest absolute Gasteiger partial charge is 1.00 e. The second-order valence-electron chi connectivity index (χ2n) is 1.72. The maximum atomic E-state index is 10.7. The Morgan fingerprint density at radius 2 is 2.08 bits per heavy atom. The minimum atomic E-state index is -0.155. The van der Waals surface area contributed by atoms with Crippen molar-refractivity contribution in [2.75, 3.05) is 0 Å². The molecule has 0 N–H and O–H groups in total. The van der Waals surface area contributed by atoms with Crippen LogP contribution in [0.2, 0.25) is 0 Å². The fraction of sp³-hybridized carbons (Fsp3) is 0.111. The van der Waals surface area contributed by atoms with Crippen LogP contribution in [0.5, 0.6) is 0 Å². The zero-order valence-electron chi connectivity index (χ0n) is 7.24. The van der Waals surface area contributed by atoms with Crippen molar-refractivity contribution in [2.24, 2.45) is 4.99 Å². The first-order valence-corrected chi connectivity index (χ1v) is 2.97. The Bertz CT molecular complexity index is 229. The van der Waals surface area contributed by atoms with Crippen molar-refractivity contribution in [1.82, 2.24) is 0 Å². The van der Waals surface area contributed by atoms with Gasteiger partial charge in [0, 0.05) is 0 Å². The Hall–Kier alpha value is -0.843. The van der Waals surface area contributed by atoms with Crippen molar-refractivity contribution in [3.63, 3.8) is 0 Å². The van der Waals surface area contributed by atoms with Gasteiger partial charge in [0.25, 0.3) is 0 Å². The molecular formula is C9H8LiNO-2. The summed E-state index contributed by atoms with van der Waals surface area (Å²) in [6.45, 7) is 11.4. The van der Waals surface area contributed by atoms with Gasteiger partial charge in [-0.3, -0.25) is 6.58 Å². The molecule has 0 unspecified atom stereocenters. The second kappa shape index (κ2) is 8.26. The average molecular weight is 153 g/mol. The molecule has 0 aliphatic carbocycles. The summed E-state index contributed by atoms with van der Waals surface area (Å²) in [6, 6.07) is 0. The number of nitrogens with zero attached hydrogens (tertiary/aromatic N) is 1. The van der Waals surface area contributed by atoms with E-state index in [2.05, 4.69) is 11.2 Å². The van der Waals surface area contributed by atoms with Crippen LogP contribution >= 0.6 is 0 Å². The molecule has 0 atom stereocenters. The summed E-state index contributed by atoms with van der Waals surface area (Å²) in [4.78, 5) is 14.2. The summed E-state index contributed by atoms with van der Waals surface area (Å²) in [5.41, 5.74) is 0.300. The molecule has 3 heteroatoms. The molecule has 0 aromatic carbocycles. The molecule has 0 rings (SSSR count). The van der Waals surface area contributed by atoms with Crippen molar-refractivity contribution >= 4 is 12.0 Å². The van der Waals surface area contributed by atoms with Gasteiger partial charge in [0.05, 0.1) is 5.78 Å². The molecule has 0 aliphatic heterocycles. The van der Waals surface area contributed by atoms with E-state index in [1.54, 1.807) is 0 Å². The van der Waals surface area contributed by atoms with Crippen molar-refractivity contribution in [1.29, 1.82) is 0 Å². The molecule has 0 bridgehead atoms. The maximum Gasteiger partial charge on any atom is 1.00 e. The van der Waals surface area contributed by atoms with Crippen LogP contribution in [-0.4, -0.2) is 12.0 Å². The first kappa shape index (κ1) is 13.7. The van der Waals surface area contributed by atoms with Crippen molar-refractivity contribution < 1.29 is 23.7 Å². The Labute approximate surface area is 84.9 Å². The summed E-state index contributed by atoms with van der Waals surface area (Å²) >= 11 is 0. The molecule has 2 nitrogen and oxygen atoms in total. The van der Waals surface area contributed by atoms with Gasteiger partial charge in [0.2, 0.25) is 0 Å². The molecule has 0 fully saturated rings. The number of carbonyl (C=O) groups is 1. The Morgan fingerprint density at radius 3 is 2.42 bits per heavy atom. The molecular weight excluding hydrogens is 145 g/mol. The molecule has 0 saturated carbocycles. The zero-order valence-corrected chi connectivity index (χ0v) is 7.24. The summed E-state index contributed by atoms with van der Waals surface area (Å²) in [5.74, 6) is -0.155. The van der Waals surface area contributed by atoms with Crippen LogP contribution in [-0.2, 0) is 4.79 Å². The van der Waals surface area contributed by atoms with E-state index < -0.39 is 0 Å². The van der Waals surface area contributed by atoms with Gasteiger partial charge in [0.15, 0.2) is 0 Å². The Kier molecular flexibility index (Phi) is 9.44. The molecule has 0 spiro atoms. The van der Waals surface area contributed by atoms with Crippen molar-refractivity contribution in [3.8, 4) is 0 Å². The monoisotopic (exact) mass is 153 g/mol. The molecule has 0 aromatic heterocycles. The van der Waals surface area contributed by atoms with Crippen LogP contribution in [0, 0.1) is 13.2 Å². The van der Waals surface area contributed by atoms with Crippen LogP contribution in [0.1, 0.15) is 6.92 Å². The van der Waals surface area contributed by atoms with Gasteiger partial charge in [-0.1, -0.05) is 5.57 Å². The normalized spacial score (nSPS) is 10.6. The minimum Gasteiger partial charge on any atom is -0.548 e. The van der Waals surface area contributed by atoms with Crippen LogP contribution in [0.15, 0.2) is 28.9 Å². The predicted octanol–water partition coefficient (Wildman–Crippen LogP) is -1.61. The number of aliphatic imine (C=N–C) groups is 1. The maximum absolute atomic E-state index is 10.7. The number of rotatable bonds is 4. The first-order chi connectivity index (χ1) is 5.22. The van der Waals surface area contributed by atoms with Crippen molar-refractivity contribution in [3.05, 3.63) is 37.1 Å². The number of allylic oxidation sites excluding steroid dienone is 3. The number of Topliss-reactive ketones (excluding diaryl/α,β-unsaturated/α-hetero) is 1. The van der Waals surface area contributed by atoms with E-state index >= 15 is 0 Å². The summed E-state index contributed by atoms with van der Waals surface area (Å²) in [5, 5.41) is 0. The smallest absolute Gasteiger partial charge is 0.548 e. The average Bonchev–Trinajstić information content (AvgIpc) is 1.97. The number of carbonyl (C=O) groups excluding carboxylic acids is 1. The van der Waals surface area contributed by atoms with Gasteiger partial charge in [-0.2, -0.15) is 0 Å². The van der Waals surface area contributed by atoms with E-state index in [9.17, 15) is 4.79 Å². The molecule has 0 saturated heterocycles. The van der Waals surface area contributed by atoms with Gasteiger partial charge in [-0.15, -0.1) is 6.08 Å². The standard InChI is InChI=1S/C9H8NO.Li/c1-4-6-9(8(3)11)7-10-5-2;/h1-2,4-6H,3H3;/q-3;+1/b9-6+;. The summed E-state index contributed by atoms with van der Waals surface area (Å²) < 4.78 is 0. The first-order valence-electron chi connectivity index (χ1n) is 2.97. The molecule has 0 aromatic rings. The van der Waals surface area contributed by atoms with Crippen LogP contribution < -0.4 is 18.9 Å². The van der Waals surface area contributed by atoms with E-state index in [0.29, 0.717) is 5.57 Å². The quantitative estimate of drug-likeness (QED) is 0.157. The topological polar surface area (TPSA) is 29.4 Å². The third-order valence-electron chi connectivity index (χ3n) is 0.902. The fourth-order valence-electron chi connectivity index (χ4n) is 0.436. The Balaban J connectivity index is 0. The molecule has 0 aliphatic rings. The van der Waals surface area contributed by atoms with E-state index in [-0.39, 0.29) is 24.6 Å². The van der Waals surface area contributed by atoms with E-state index in [1.165, 1.54) is 19.1 Å². The van der Waals surface area contributed by atoms with Crippen LogP contribution in [0.4, 0.5) is 0 Å². The van der Waals surface area contributed by atoms with Gasteiger partial charge < -0.3 is 16.4 Å².